The van der Waals surface area contributed by atoms with Gasteiger partial charge in [-0.05, 0) is 25.1 Å². The second kappa shape index (κ2) is 8.26. The summed E-state index contributed by atoms with van der Waals surface area (Å²) >= 11 is 0. The molecule has 1 amide bonds. The third-order valence-electron chi connectivity index (χ3n) is 3.71. The van der Waals surface area contributed by atoms with Crippen LogP contribution < -0.4 is 26.6 Å². The summed E-state index contributed by atoms with van der Waals surface area (Å²) in [7, 11) is 1.52. The third-order valence-corrected chi connectivity index (χ3v) is 3.71. The van der Waals surface area contributed by atoms with Crippen molar-refractivity contribution in [1.29, 1.82) is 0 Å². The number of rotatable bonds is 8. The first kappa shape index (κ1) is 19.1. The number of benzene rings is 1. The summed E-state index contributed by atoms with van der Waals surface area (Å²) < 4.78 is 19.5. The Morgan fingerprint density at radius 1 is 1.46 bits per heavy atom. The molecule has 0 aliphatic carbocycles. The van der Waals surface area contributed by atoms with Gasteiger partial charge in [0, 0.05) is 18.2 Å². The van der Waals surface area contributed by atoms with Gasteiger partial charge in [-0.1, -0.05) is 6.07 Å². The molecule has 0 saturated carbocycles. The molecule has 138 valence electrons. The third kappa shape index (κ3) is 4.25. The second-order valence-corrected chi connectivity index (χ2v) is 5.57. The van der Waals surface area contributed by atoms with Crippen LogP contribution in [0.1, 0.15) is 23.7 Å². The van der Waals surface area contributed by atoms with Crippen molar-refractivity contribution < 1.29 is 18.7 Å². The Bertz CT molecular complexity index is 815. The summed E-state index contributed by atoms with van der Waals surface area (Å²) in [5, 5.41) is 3.94. The maximum atomic E-state index is 14.4. The topological polar surface area (TPSA) is 124 Å². The molecule has 2 aromatic rings. The number of pyridine rings is 1. The lowest BCUT2D eigenvalue weighted by Crippen LogP contribution is -2.41. The van der Waals surface area contributed by atoms with E-state index in [1.807, 2.05) is 0 Å². The number of amides is 1. The second-order valence-electron chi connectivity index (χ2n) is 5.57. The number of aromatic nitrogens is 1. The maximum Gasteiger partial charge on any atom is 0.252 e. The van der Waals surface area contributed by atoms with Crippen LogP contribution in [0.4, 0.5) is 21.7 Å². The molecule has 1 unspecified atom stereocenters. The number of hydrazine groups is 1. The number of primary amides is 1. The fourth-order valence-electron chi connectivity index (χ4n) is 2.24. The van der Waals surface area contributed by atoms with Crippen LogP contribution in [0.5, 0.6) is 5.75 Å². The maximum absolute atomic E-state index is 14.4. The van der Waals surface area contributed by atoms with E-state index in [9.17, 15) is 14.0 Å². The molecule has 1 aromatic heterocycles. The molecule has 0 aliphatic heterocycles. The van der Waals surface area contributed by atoms with E-state index in [1.165, 1.54) is 7.11 Å². The van der Waals surface area contributed by atoms with Crippen molar-refractivity contribution in [2.45, 2.75) is 19.4 Å². The number of nitrogens with one attached hydrogen (secondary N) is 1. The highest BCUT2D eigenvalue weighted by Crippen LogP contribution is 2.27. The number of anilines is 3. The highest BCUT2D eigenvalue weighted by Gasteiger charge is 2.21. The van der Waals surface area contributed by atoms with Gasteiger partial charge in [0.25, 0.3) is 5.91 Å². The van der Waals surface area contributed by atoms with Crippen molar-refractivity contribution >= 4 is 29.5 Å². The first-order valence-corrected chi connectivity index (χ1v) is 7.76. The Kier molecular flexibility index (Phi) is 6.07. The highest BCUT2D eigenvalue weighted by molar-refractivity contribution is 5.98. The summed E-state index contributed by atoms with van der Waals surface area (Å²) in [4.78, 5) is 26.4. The number of methoxy groups -OCH3 is 1. The van der Waals surface area contributed by atoms with Gasteiger partial charge in [0.1, 0.15) is 17.9 Å². The van der Waals surface area contributed by atoms with Crippen LogP contribution in [0.3, 0.4) is 0 Å². The molecule has 0 spiro atoms. The Balaban J connectivity index is 2.46. The average molecular weight is 361 g/mol. The van der Waals surface area contributed by atoms with Crippen molar-refractivity contribution in [3.63, 3.8) is 0 Å². The molecule has 1 aromatic carbocycles. The van der Waals surface area contributed by atoms with Crippen LogP contribution in [0.25, 0.3) is 0 Å². The summed E-state index contributed by atoms with van der Waals surface area (Å²) in [6, 6.07) is 7.33. The number of hydrogen-bond acceptors (Lipinski definition) is 7. The quantitative estimate of drug-likeness (QED) is 0.371. The molecular formula is C17H20FN5O3. The monoisotopic (exact) mass is 361 g/mol. The summed E-state index contributed by atoms with van der Waals surface area (Å²) in [6.07, 6.45) is 0.767. The summed E-state index contributed by atoms with van der Waals surface area (Å²) in [5.41, 5.74) is 5.75. The largest absolute Gasteiger partial charge is 0.497 e. The summed E-state index contributed by atoms with van der Waals surface area (Å²) in [5.74, 6) is 4.60. The first-order valence-electron chi connectivity index (χ1n) is 7.76. The van der Waals surface area contributed by atoms with E-state index in [2.05, 4.69) is 10.3 Å². The van der Waals surface area contributed by atoms with Crippen molar-refractivity contribution in [3.8, 4) is 5.75 Å². The van der Waals surface area contributed by atoms with Gasteiger partial charge in [0.2, 0.25) is 0 Å². The minimum Gasteiger partial charge on any atom is -0.497 e. The number of carbonyl (C=O) groups is 2. The van der Waals surface area contributed by atoms with Crippen LogP contribution in [-0.4, -0.2) is 30.3 Å². The lowest BCUT2D eigenvalue weighted by molar-refractivity contribution is -0.108. The van der Waals surface area contributed by atoms with E-state index in [0.29, 0.717) is 17.7 Å². The van der Waals surface area contributed by atoms with Gasteiger partial charge in [-0.25, -0.2) is 15.2 Å². The van der Waals surface area contributed by atoms with Crippen molar-refractivity contribution in [1.82, 2.24) is 4.98 Å². The van der Waals surface area contributed by atoms with Crippen LogP contribution in [0.15, 0.2) is 30.3 Å². The lowest BCUT2D eigenvalue weighted by atomic mass is 10.2. The smallest absolute Gasteiger partial charge is 0.252 e. The first-order chi connectivity index (χ1) is 12.4. The molecule has 0 radical (unpaired) electrons. The fraction of sp³-hybridized carbons (Fsp3) is 0.235. The lowest BCUT2D eigenvalue weighted by Gasteiger charge is -2.25. The number of halogens is 1. The Morgan fingerprint density at radius 3 is 2.81 bits per heavy atom. The molecule has 26 heavy (non-hydrogen) atoms. The van der Waals surface area contributed by atoms with Crippen LogP contribution >= 0.6 is 0 Å². The van der Waals surface area contributed by atoms with Gasteiger partial charge in [0.05, 0.1) is 18.7 Å². The number of nitrogens with zero attached hydrogens (tertiary/aromatic N) is 2. The molecule has 2 rings (SSSR count). The standard InChI is InChI=1S/C17H20FN5O3/c1-10(6-7-24)23(20)17-14(18)9-13(15(19)25)16(22-17)21-11-4-3-5-12(8-11)26-2/h3-5,7-10H,6,20H2,1-2H3,(H2,19,25)(H,21,22). The van der Waals surface area contributed by atoms with Gasteiger partial charge in [-0.3, -0.25) is 9.80 Å². The molecule has 1 atom stereocenters. The van der Waals surface area contributed by atoms with Gasteiger partial charge in [0.15, 0.2) is 11.6 Å². The molecule has 0 aliphatic rings. The van der Waals surface area contributed by atoms with Gasteiger partial charge in [-0.15, -0.1) is 0 Å². The molecule has 1 heterocycles. The minimum atomic E-state index is -0.849. The number of nitrogens with two attached hydrogens (primary N) is 2. The average Bonchev–Trinajstić information content (AvgIpc) is 2.62. The molecule has 5 N–H and O–H groups in total. The number of carbonyl (C=O) groups excluding carboxylic acids is 2. The fourth-order valence-corrected chi connectivity index (χ4v) is 2.24. The minimum absolute atomic E-state index is 0.0379. The predicted molar refractivity (Wildman–Crippen MR) is 95.8 cm³/mol. The molecule has 8 nitrogen and oxygen atoms in total. The molecule has 0 fully saturated rings. The van der Waals surface area contributed by atoms with Gasteiger partial charge >= 0.3 is 0 Å². The molecule has 9 heteroatoms. The Hall–Kier alpha value is -3.20. The van der Waals surface area contributed by atoms with Gasteiger partial charge < -0.3 is 20.6 Å². The van der Waals surface area contributed by atoms with Crippen molar-refractivity contribution in [2.24, 2.45) is 11.6 Å². The molecular weight excluding hydrogens is 341 g/mol. The number of aldehydes is 1. The SMILES string of the molecule is COc1cccc(Nc2nc(N(N)C(C)CC=O)c(F)cc2C(N)=O)c1. The highest BCUT2D eigenvalue weighted by atomic mass is 19.1. The van der Waals surface area contributed by atoms with E-state index in [0.717, 1.165) is 11.1 Å². The van der Waals surface area contributed by atoms with E-state index < -0.39 is 17.8 Å². The molecule has 0 saturated heterocycles. The van der Waals surface area contributed by atoms with Gasteiger partial charge in [-0.2, -0.15) is 0 Å². The zero-order chi connectivity index (χ0) is 19.3. The van der Waals surface area contributed by atoms with E-state index in [1.54, 1.807) is 31.2 Å². The van der Waals surface area contributed by atoms with E-state index in [4.69, 9.17) is 16.3 Å². The summed E-state index contributed by atoms with van der Waals surface area (Å²) in [6.45, 7) is 1.65. The normalized spacial score (nSPS) is 11.5. The Morgan fingerprint density at radius 2 is 2.19 bits per heavy atom. The van der Waals surface area contributed by atoms with Crippen molar-refractivity contribution in [2.75, 3.05) is 17.4 Å². The van der Waals surface area contributed by atoms with E-state index >= 15 is 0 Å². The Labute approximate surface area is 149 Å². The van der Waals surface area contributed by atoms with Crippen LogP contribution in [0, 0.1) is 5.82 Å². The van der Waals surface area contributed by atoms with Crippen molar-refractivity contribution in [3.05, 3.63) is 41.7 Å². The zero-order valence-corrected chi connectivity index (χ0v) is 14.4. The predicted octanol–water partition coefficient (Wildman–Crippen LogP) is 1.73. The van der Waals surface area contributed by atoms with Crippen LogP contribution in [0.2, 0.25) is 0 Å². The number of hydrogen-bond donors (Lipinski definition) is 3. The molecule has 0 bridgehead atoms. The number of ether oxygens (including phenoxy) is 1. The zero-order valence-electron chi connectivity index (χ0n) is 14.4. The van der Waals surface area contributed by atoms with Crippen LogP contribution in [-0.2, 0) is 4.79 Å². The van der Waals surface area contributed by atoms with E-state index in [-0.39, 0.29) is 23.6 Å².